The molecule has 0 spiro atoms. The van der Waals surface area contributed by atoms with Gasteiger partial charge in [0, 0.05) is 11.5 Å². The molecule has 2 bridgehead atoms. The lowest BCUT2D eigenvalue weighted by Crippen LogP contribution is -2.48. The van der Waals surface area contributed by atoms with Crippen LogP contribution >= 0.6 is 0 Å². The molecule has 1 amide bonds. The van der Waals surface area contributed by atoms with E-state index in [0.717, 1.165) is 35.3 Å². The molecule has 2 unspecified atom stereocenters. The molecule has 3 aromatic rings. The van der Waals surface area contributed by atoms with Crippen molar-refractivity contribution in [1.29, 1.82) is 0 Å². The van der Waals surface area contributed by atoms with Crippen molar-refractivity contribution >= 4 is 22.6 Å². The summed E-state index contributed by atoms with van der Waals surface area (Å²) < 4.78 is 27.5. The van der Waals surface area contributed by atoms with E-state index in [4.69, 9.17) is 9.97 Å². The summed E-state index contributed by atoms with van der Waals surface area (Å²) in [4.78, 5) is 23.4. The maximum atomic E-state index is 14.2. The molecular formula is C23H21F2N3O. The summed E-state index contributed by atoms with van der Waals surface area (Å²) in [7, 11) is 0. The average molecular weight is 393 g/mol. The number of benzene rings is 2. The van der Waals surface area contributed by atoms with Crippen LogP contribution in [0, 0.1) is 17.0 Å². The fourth-order valence-electron chi connectivity index (χ4n) is 5.37. The lowest BCUT2D eigenvalue weighted by atomic mass is 9.63. The molecule has 5 rings (SSSR count). The van der Waals surface area contributed by atoms with Crippen molar-refractivity contribution in [3.8, 4) is 0 Å². The number of rotatable bonds is 2. The largest absolute Gasteiger partial charge is 0.323 e. The van der Waals surface area contributed by atoms with E-state index in [1.165, 1.54) is 6.07 Å². The van der Waals surface area contributed by atoms with Gasteiger partial charge in [0.25, 0.3) is 0 Å². The van der Waals surface area contributed by atoms with E-state index in [2.05, 4.69) is 26.1 Å². The molecule has 4 nitrogen and oxygen atoms in total. The molecular weight excluding hydrogens is 372 g/mol. The normalized spacial score (nSPS) is 26.5. The summed E-state index contributed by atoms with van der Waals surface area (Å²) in [5.74, 6) is -1.80. The highest BCUT2D eigenvalue weighted by Gasteiger charge is 2.73. The minimum absolute atomic E-state index is 0.0302. The second-order valence-corrected chi connectivity index (χ2v) is 8.85. The van der Waals surface area contributed by atoms with Crippen LogP contribution in [0.1, 0.15) is 45.0 Å². The minimum atomic E-state index is -0.936. The van der Waals surface area contributed by atoms with E-state index in [0.29, 0.717) is 12.1 Å². The molecule has 2 aliphatic carbocycles. The predicted octanol–water partition coefficient (Wildman–Crippen LogP) is 4.88. The van der Waals surface area contributed by atoms with Gasteiger partial charge < -0.3 is 5.32 Å². The molecule has 0 radical (unpaired) electrons. The number of carbonyl (C=O) groups excluding carboxylic acids is 1. The third-order valence-corrected chi connectivity index (χ3v) is 7.51. The number of fused-ring (bicyclic) bond motifs is 6. The molecule has 2 aliphatic rings. The minimum Gasteiger partial charge on any atom is -0.323 e. The van der Waals surface area contributed by atoms with Gasteiger partial charge in [0.2, 0.25) is 5.91 Å². The smallest absolute Gasteiger partial charge is 0.237 e. The number of hydrogen-bond acceptors (Lipinski definition) is 3. The van der Waals surface area contributed by atoms with Crippen LogP contribution in [0.2, 0.25) is 0 Å². The highest BCUT2D eigenvalue weighted by atomic mass is 19.1. The lowest BCUT2D eigenvalue weighted by Gasteiger charge is -2.39. The van der Waals surface area contributed by atoms with Gasteiger partial charge in [0.15, 0.2) is 0 Å². The Morgan fingerprint density at radius 2 is 1.62 bits per heavy atom. The monoisotopic (exact) mass is 393 g/mol. The number of anilines is 1. The second-order valence-electron chi connectivity index (χ2n) is 8.85. The molecule has 1 heterocycles. The van der Waals surface area contributed by atoms with Crippen molar-refractivity contribution in [1.82, 2.24) is 9.97 Å². The van der Waals surface area contributed by atoms with Crippen LogP contribution in [0.15, 0.2) is 42.5 Å². The highest BCUT2D eigenvalue weighted by Crippen LogP contribution is 2.70. The van der Waals surface area contributed by atoms with E-state index >= 15 is 0 Å². The zero-order chi connectivity index (χ0) is 20.6. The van der Waals surface area contributed by atoms with Crippen LogP contribution in [0.4, 0.5) is 14.5 Å². The lowest BCUT2D eigenvalue weighted by molar-refractivity contribution is -0.125. The summed E-state index contributed by atoms with van der Waals surface area (Å²) in [6.07, 6.45) is 1.39. The molecule has 1 aromatic heterocycles. The number of para-hydroxylation sites is 2. The first-order valence-electron chi connectivity index (χ1n) is 9.75. The average Bonchev–Trinajstić information content (AvgIpc) is 2.98. The summed E-state index contributed by atoms with van der Waals surface area (Å²) >= 11 is 0. The molecule has 2 aromatic carbocycles. The quantitative estimate of drug-likeness (QED) is 0.675. The van der Waals surface area contributed by atoms with Gasteiger partial charge in [0.05, 0.1) is 33.5 Å². The SMILES string of the molecule is CC12CCC(C(=O)Nc3ccc(F)cc3F)(c3nc4ccccc4nc31)C2(C)C. The third-order valence-electron chi connectivity index (χ3n) is 7.51. The first kappa shape index (κ1) is 18.2. The molecule has 1 saturated carbocycles. The molecule has 0 aliphatic heterocycles. The van der Waals surface area contributed by atoms with Crippen molar-refractivity contribution < 1.29 is 13.6 Å². The topological polar surface area (TPSA) is 54.9 Å². The maximum absolute atomic E-state index is 14.2. The molecule has 1 fully saturated rings. The number of hydrogen-bond donors (Lipinski definition) is 1. The van der Waals surface area contributed by atoms with Gasteiger partial charge in [-0.15, -0.1) is 0 Å². The molecule has 2 atom stereocenters. The zero-order valence-corrected chi connectivity index (χ0v) is 16.5. The van der Waals surface area contributed by atoms with Crippen LogP contribution in [0.25, 0.3) is 11.0 Å². The summed E-state index contributed by atoms with van der Waals surface area (Å²) in [5, 5.41) is 2.71. The third kappa shape index (κ3) is 2.09. The highest BCUT2D eigenvalue weighted by molar-refractivity contribution is 6.02. The van der Waals surface area contributed by atoms with Crippen LogP contribution in [0.5, 0.6) is 0 Å². The van der Waals surface area contributed by atoms with Crippen LogP contribution in [0.3, 0.4) is 0 Å². The van der Waals surface area contributed by atoms with Gasteiger partial charge in [-0.25, -0.2) is 18.7 Å². The number of nitrogens with zero attached hydrogens (tertiary/aromatic N) is 2. The number of halogens is 2. The number of nitrogens with one attached hydrogen (secondary N) is 1. The second kappa shape index (κ2) is 5.59. The van der Waals surface area contributed by atoms with Gasteiger partial charge in [-0.05, 0) is 42.5 Å². The van der Waals surface area contributed by atoms with Crippen LogP contribution < -0.4 is 5.32 Å². The first-order chi connectivity index (χ1) is 13.7. The fraction of sp³-hybridized carbons (Fsp3) is 0.348. The van der Waals surface area contributed by atoms with E-state index in [9.17, 15) is 13.6 Å². The Labute approximate surface area is 167 Å². The molecule has 0 saturated heterocycles. The van der Waals surface area contributed by atoms with Gasteiger partial charge in [-0.1, -0.05) is 32.9 Å². The van der Waals surface area contributed by atoms with E-state index < -0.39 is 22.5 Å². The maximum Gasteiger partial charge on any atom is 0.237 e. The number of carbonyl (C=O) groups is 1. The standard InChI is InChI=1S/C23H21F2N3O/c1-21(2)22(3)10-11-23(21,20(29)28-15-9-8-13(24)12-14(15)25)19-18(22)26-16-6-4-5-7-17(16)27-19/h4-9,12H,10-11H2,1-3H3,(H,28,29). The van der Waals surface area contributed by atoms with Crippen molar-refractivity contribution in [2.45, 2.75) is 44.4 Å². The van der Waals surface area contributed by atoms with Gasteiger partial charge in [-0.3, -0.25) is 4.79 Å². The van der Waals surface area contributed by atoms with Crippen LogP contribution in [-0.4, -0.2) is 15.9 Å². The van der Waals surface area contributed by atoms with Crippen LogP contribution in [-0.2, 0) is 15.6 Å². The molecule has 6 heteroatoms. The van der Waals surface area contributed by atoms with Crippen molar-refractivity contribution in [3.63, 3.8) is 0 Å². The van der Waals surface area contributed by atoms with E-state index in [-0.39, 0.29) is 17.0 Å². The Morgan fingerprint density at radius 1 is 0.966 bits per heavy atom. The fourth-order valence-corrected chi connectivity index (χ4v) is 5.37. The van der Waals surface area contributed by atoms with E-state index in [1.54, 1.807) is 0 Å². The zero-order valence-electron chi connectivity index (χ0n) is 16.5. The molecule has 148 valence electrons. The van der Waals surface area contributed by atoms with Gasteiger partial charge in [-0.2, -0.15) is 0 Å². The Morgan fingerprint density at radius 3 is 2.28 bits per heavy atom. The summed E-state index contributed by atoms with van der Waals surface area (Å²) in [6, 6.07) is 10.8. The molecule has 1 N–H and O–H groups in total. The number of aromatic nitrogens is 2. The Bertz CT molecular complexity index is 1190. The van der Waals surface area contributed by atoms with Crippen molar-refractivity contribution in [2.24, 2.45) is 5.41 Å². The van der Waals surface area contributed by atoms with Crippen molar-refractivity contribution in [3.05, 3.63) is 65.5 Å². The Kier molecular flexibility index (Phi) is 3.50. The first-order valence-corrected chi connectivity index (χ1v) is 9.75. The van der Waals surface area contributed by atoms with Gasteiger partial charge >= 0.3 is 0 Å². The molecule has 29 heavy (non-hydrogen) atoms. The van der Waals surface area contributed by atoms with Crippen molar-refractivity contribution in [2.75, 3.05) is 5.32 Å². The Hall–Kier alpha value is -2.89. The predicted molar refractivity (Wildman–Crippen MR) is 107 cm³/mol. The summed E-state index contributed by atoms with van der Waals surface area (Å²) in [6.45, 7) is 6.26. The summed E-state index contributed by atoms with van der Waals surface area (Å²) in [5.41, 5.74) is 1.30. The number of amides is 1. The van der Waals surface area contributed by atoms with E-state index in [1.807, 2.05) is 24.3 Å². The van der Waals surface area contributed by atoms with Gasteiger partial charge in [0.1, 0.15) is 11.6 Å². The Balaban J connectivity index is 1.69.